The number of rotatable bonds is 7. The van der Waals surface area contributed by atoms with Gasteiger partial charge in [-0.3, -0.25) is 4.79 Å². The molecule has 0 radical (unpaired) electrons. The first-order valence-corrected chi connectivity index (χ1v) is 9.04. The third-order valence-electron chi connectivity index (χ3n) is 4.71. The van der Waals surface area contributed by atoms with Crippen LogP contribution in [0.2, 0.25) is 0 Å². The second kappa shape index (κ2) is 8.84. The predicted molar refractivity (Wildman–Crippen MR) is 98.3 cm³/mol. The van der Waals surface area contributed by atoms with E-state index in [2.05, 4.69) is 22.2 Å². The number of alkyl halides is 2. The number of fused-ring (bicyclic) bond motifs is 1. The molecule has 0 fully saturated rings. The molecule has 0 bridgehead atoms. The molecule has 1 aliphatic rings. The zero-order chi connectivity index (χ0) is 19.2. The van der Waals surface area contributed by atoms with Gasteiger partial charge in [0.05, 0.1) is 13.5 Å². The summed E-state index contributed by atoms with van der Waals surface area (Å²) in [7, 11) is 1.38. The van der Waals surface area contributed by atoms with Crippen LogP contribution in [0.1, 0.15) is 35.1 Å². The van der Waals surface area contributed by atoms with Crippen molar-refractivity contribution in [1.29, 1.82) is 0 Å². The second-order valence-electron chi connectivity index (χ2n) is 6.63. The van der Waals surface area contributed by atoms with Crippen molar-refractivity contribution in [2.24, 2.45) is 0 Å². The van der Waals surface area contributed by atoms with Crippen molar-refractivity contribution < 1.29 is 23.0 Å². The van der Waals surface area contributed by atoms with Gasteiger partial charge < -0.3 is 14.8 Å². The molecule has 0 aliphatic heterocycles. The molecule has 0 saturated heterocycles. The molecule has 1 aliphatic carbocycles. The molecule has 0 saturated carbocycles. The highest BCUT2D eigenvalue weighted by atomic mass is 19.3. The highest BCUT2D eigenvalue weighted by Crippen LogP contribution is 2.29. The Bertz CT molecular complexity index is 808. The molecule has 2 aromatic rings. The maximum Gasteiger partial charge on any atom is 0.387 e. The third-order valence-corrected chi connectivity index (χ3v) is 4.71. The molecule has 6 heteroatoms. The molecule has 0 spiro atoms. The first-order chi connectivity index (χ1) is 13.0. The Balaban J connectivity index is 1.57. The fourth-order valence-corrected chi connectivity index (χ4v) is 3.36. The number of carbonyl (C=O) groups is 1. The molecule has 0 atom stereocenters. The molecule has 0 aromatic heterocycles. The van der Waals surface area contributed by atoms with E-state index in [0.717, 1.165) is 24.0 Å². The van der Waals surface area contributed by atoms with E-state index < -0.39 is 6.61 Å². The maximum atomic E-state index is 12.4. The lowest BCUT2D eigenvalue weighted by molar-refractivity contribution is -0.120. The topological polar surface area (TPSA) is 47.6 Å². The lowest BCUT2D eigenvalue weighted by atomic mass is 9.90. The zero-order valence-electron chi connectivity index (χ0n) is 15.3. The summed E-state index contributed by atoms with van der Waals surface area (Å²) in [4.78, 5) is 12.3. The first kappa shape index (κ1) is 19.1. The van der Waals surface area contributed by atoms with E-state index in [1.54, 1.807) is 12.1 Å². The van der Waals surface area contributed by atoms with E-state index in [-0.39, 0.29) is 24.0 Å². The van der Waals surface area contributed by atoms with Gasteiger partial charge in [0.15, 0.2) is 11.5 Å². The molecular formula is C21H23F2NO3. The zero-order valence-corrected chi connectivity index (χ0v) is 15.3. The van der Waals surface area contributed by atoms with Crippen LogP contribution in [0.15, 0.2) is 36.4 Å². The summed E-state index contributed by atoms with van der Waals surface area (Å²) < 4.78 is 34.2. The smallest absolute Gasteiger partial charge is 0.387 e. The van der Waals surface area contributed by atoms with Crippen LogP contribution in [0.5, 0.6) is 11.5 Å². The van der Waals surface area contributed by atoms with Crippen LogP contribution in [0.4, 0.5) is 8.78 Å². The van der Waals surface area contributed by atoms with E-state index in [1.807, 2.05) is 6.07 Å². The largest absolute Gasteiger partial charge is 0.493 e. The average molecular weight is 375 g/mol. The van der Waals surface area contributed by atoms with Crippen LogP contribution in [-0.4, -0.2) is 19.6 Å². The van der Waals surface area contributed by atoms with E-state index in [1.165, 1.54) is 37.1 Å². The Hall–Kier alpha value is -2.63. The van der Waals surface area contributed by atoms with Crippen molar-refractivity contribution in [3.05, 3.63) is 58.7 Å². The van der Waals surface area contributed by atoms with Crippen LogP contribution in [0.3, 0.4) is 0 Å². The van der Waals surface area contributed by atoms with Gasteiger partial charge in [0.2, 0.25) is 5.91 Å². The standard InChI is InChI=1S/C21H23F2NO3/c1-26-19-11-15(7-9-18(19)27-21(22)23)13-24-20(25)12-14-6-8-16-4-2-3-5-17(16)10-14/h6-11,21H,2-5,12-13H2,1H3,(H,24,25). The van der Waals surface area contributed by atoms with Crippen molar-refractivity contribution in [3.8, 4) is 11.5 Å². The highest BCUT2D eigenvalue weighted by Gasteiger charge is 2.13. The summed E-state index contributed by atoms with van der Waals surface area (Å²) in [5.41, 5.74) is 4.49. The van der Waals surface area contributed by atoms with Crippen LogP contribution >= 0.6 is 0 Å². The molecule has 0 unspecified atom stereocenters. The number of hydrogen-bond donors (Lipinski definition) is 1. The molecule has 0 heterocycles. The third kappa shape index (κ3) is 5.18. The minimum Gasteiger partial charge on any atom is -0.493 e. The van der Waals surface area contributed by atoms with Crippen LogP contribution in [0.25, 0.3) is 0 Å². The molecule has 4 nitrogen and oxygen atoms in total. The Morgan fingerprint density at radius 1 is 1.04 bits per heavy atom. The van der Waals surface area contributed by atoms with Gasteiger partial charge >= 0.3 is 6.61 Å². The Kier molecular flexibility index (Phi) is 6.27. The number of nitrogens with one attached hydrogen (secondary N) is 1. The van der Waals surface area contributed by atoms with E-state index in [4.69, 9.17) is 4.74 Å². The number of amides is 1. The number of methoxy groups -OCH3 is 1. The maximum absolute atomic E-state index is 12.4. The van der Waals surface area contributed by atoms with Gasteiger partial charge in [-0.2, -0.15) is 8.78 Å². The highest BCUT2D eigenvalue weighted by molar-refractivity contribution is 5.78. The van der Waals surface area contributed by atoms with Crippen molar-refractivity contribution >= 4 is 5.91 Å². The molecular weight excluding hydrogens is 352 g/mol. The average Bonchev–Trinajstić information content (AvgIpc) is 2.66. The minimum absolute atomic E-state index is 0.0309. The molecule has 144 valence electrons. The fourth-order valence-electron chi connectivity index (χ4n) is 3.36. The summed E-state index contributed by atoms with van der Waals surface area (Å²) in [5, 5.41) is 2.86. The van der Waals surface area contributed by atoms with Crippen LogP contribution < -0.4 is 14.8 Å². The minimum atomic E-state index is -2.92. The van der Waals surface area contributed by atoms with Crippen LogP contribution in [0, 0.1) is 0 Å². The lowest BCUT2D eigenvalue weighted by Crippen LogP contribution is -2.24. The summed E-state index contributed by atoms with van der Waals surface area (Å²) in [6.45, 7) is -2.63. The quantitative estimate of drug-likeness (QED) is 0.795. The van der Waals surface area contributed by atoms with Gasteiger partial charge in [-0.05, 0) is 60.1 Å². The van der Waals surface area contributed by atoms with Gasteiger partial charge in [-0.25, -0.2) is 0 Å². The number of hydrogen-bond acceptors (Lipinski definition) is 3. The predicted octanol–water partition coefficient (Wildman–Crippen LogP) is 4.03. The van der Waals surface area contributed by atoms with Crippen molar-refractivity contribution in [3.63, 3.8) is 0 Å². The van der Waals surface area contributed by atoms with E-state index >= 15 is 0 Å². The van der Waals surface area contributed by atoms with Gasteiger partial charge in [0.25, 0.3) is 0 Å². The summed E-state index contributed by atoms with van der Waals surface area (Å²) in [6, 6.07) is 10.9. The number of carbonyl (C=O) groups excluding carboxylic acids is 1. The fraction of sp³-hybridized carbons (Fsp3) is 0.381. The van der Waals surface area contributed by atoms with Crippen molar-refractivity contribution in [2.75, 3.05) is 7.11 Å². The Labute approximate surface area is 157 Å². The van der Waals surface area contributed by atoms with Gasteiger partial charge in [-0.1, -0.05) is 24.3 Å². The number of aryl methyl sites for hydroxylation is 2. The molecule has 2 aromatic carbocycles. The molecule has 3 rings (SSSR count). The monoisotopic (exact) mass is 375 g/mol. The second-order valence-corrected chi connectivity index (χ2v) is 6.63. The Morgan fingerprint density at radius 2 is 1.78 bits per heavy atom. The molecule has 27 heavy (non-hydrogen) atoms. The van der Waals surface area contributed by atoms with Crippen molar-refractivity contribution in [2.45, 2.75) is 45.3 Å². The van der Waals surface area contributed by atoms with Gasteiger partial charge in [0.1, 0.15) is 0 Å². The van der Waals surface area contributed by atoms with Crippen molar-refractivity contribution in [1.82, 2.24) is 5.32 Å². The van der Waals surface area contributed by atoms with E-state index in [0.29, 0.717) is 6.42 Å². The molecule has 1 amide bonds. The first-order valence-electron chi connectivity index (χ1n) is 9.04. The lowest BCUT2D eigenvalue weighted by Gasteiger charge is -2.16. The SMILES string of the molecule is COc1cc(CNC(=O)Cc2ccc3c(c2)CCCC3)ccc1OC(F)F. The summed E-state index contributed by atoms with van der Waals surface area (Å²) in [5.74, 6) is 0.0889. The number of benzene rings is 2. The van der Waals surface area contributed by atoms with E-state index in [9.17, 15) is 13.6 Å². The summed E-state index contributed by atoms with van der Waals surface area (Å²) in [6.07, 6.45) is 4.96. The normalized spacial score (nSPS) is 13.2. The number of halogens is 2. The van der Waals surface area contributed by atoms with Crippen LogP contribution in [-0.2, 0) is 30.6 Å². The Morgan fingerprint density at radius 3 is 2.52 bits per heavy atom. The van der Waals surface area contributed by atoms with Gasteiger partial charge in [0, 0.05) is 6.54 Å². The summed E-state index contributed by atoms with van der Waals surface area (Å²) >= 11 is 0. The molecule has 1 N–H and O–H groups in total. The van der Waals surface area contributed by atoms with Gasteiger partial charge in [-0.15, -0.1) is 0 Å². The number of ether oxygens (including phenoxy) is 2.